The number of nitrogens with zero attached hydrogens (tertiary/aromatic N) is 5. The normalized spacial score (nSPS) is 15.2. The molecule has 0 bridgehead atoms. The molecule has 7 nitrogen and oxygen atoms in total. The number of methoxy groups -OCH3 is 1. The van der Waals surface area contributed by atoms with Crippen LogP contribution in [0.1, 0.15) is 18.2 Å². The SMILES string of the molecule is C#Cc1cccc(N2CCN(C)CC2)c1N=C(C)c1cnc2cc(OCCOC)ccn12. The Hall–Kier alpha value is -3.34. The van der Waals surface area contributed by atoms with E-state index in [1.54, 1.807) is 7.11 Å². The van der Waals surface area contributed by atoms with E-state index in [-0.39, 0.29) is 0 Å². The fourth-order valence-corrected chi connectivity index (χ4v) is 3.86. The highest BCUT2D eigenvalue weighted by molar-refractivity contribution is 6.00. The second-order valence-corrected chi connectivity index (χ2v) is 7.88. The molecule has 1 aromatic carbocycles. The zero-order valence-electron chi connectivity index (χ0n) is 18.9. The average Bonchev–Trinajstić information content (AvgIpc) is 3.23. The van der Waals surface area contributed by atoms with Gasteiger partial charge in [0.1, 0.15) is 23.7 Å². The first-order valence-corrected chi connectivity index (χ1v) is 10.8. The van der Waals surface area contributed by atoms with Gasteiger partial charge in [-0.2, -0.15) is 0 Å². The Morgan fingerprint density at radius 3 is 2.75 bits per heavy atom. The highest BCUT2D eigenvalue weighted by Gasteiger charge is 2.19. The fourth-order valence-electron chi connectivity index (χ4n) is 3.86. The van der Waals surface area contributed by atoms with Gasteiger partial charge in [0.05, 0.1) is 35.5 Å². The third-order valence-corrected chi connectivity index (χ3v) is 5.71. The molecule has 1 fully saturated rings. The number of para-hydroxylation sites is 1. The maximum Gasteiger partial charge on any atom is 0.140 e. The number of fused-ring (bicyclic) bond motifs is 1. The van der Waals surface area contributed by atoms with Crippen molar-refractivity contribution in [1.29, 1.82) is 0 Å². The van der Waals surface area contributed by atoms with Gasteiger partial charge in [0, 0.05) is 45.6 Å². The lowest BCUT2D eigenvalue weighted by Crippen LogP contribution is -2.44. The predicted molar refractivity (Wildman–Crippen MR) is 129 cm³/mol. The molecule has 32 heavy (non-hydrogen) atoms. The van der Waals surface area contributed by atoms with Crippen LogP contribution < -0.4 is 9.64 Å². The smallest absolute Gasteiger partial charge is 0.140 e. The van der Waals surface area contributed by atoms with E-state index in [0.29, 0.717) is 13.2 Å². The van der Waals surface area contributed by atoms with E-state index in [4.69, 9.17) is 20.9 Å². The van der Waals surface area contributed by atoms with Gasteiger partial charge < -0.3 is 19.3 Å². The average molecular weight is 432 g/mol. The number of imidazole rings is 1. The van der Waals surface area contributed by atoms with Crippen LogP contribution in [0.2, 0.25) is 0 Å². The summed E-state index contributed by atoms with van der Waals surface area (Å²) in [6.45, 7) is 6.98. The third kappa shape index (κ3) is 4.62. The summed E-state index contributed by atoms with van der Waals surface area (Å²) >= 11 is 0. The van der Waals surface area contributed by atoms with Gasteiger partial charge in [0.15, 0.2) is 0 Å². The van der Waals surface area contributed by atoms with Crippen LogP contribution in [-0.4, -0.2) is 73.5 Å². The number of anilines is 1. The van der Waals surface area contributed by atoms with E-state index in [0.717, 1.165) is 65.9 Å². The summed E-state index contributed by atoms with van der Waals surface area (Å²) in [5.41, 5.74) is 5.28. The van der Waals surface area contributed by atoms with Crippen molar-refractivity contribution in [2.24, 2.45) is 4.99 Å². The Kier molecular flexibility index (Phi) is 6.74. The second-order valence-electron chi connectivity index (χ2n) is 7.88. The topological polar surface area (TPSA) is 54.6 Å². The van der Waals surface area contributed by atoms with Crippen molar-refractivity contribution in [3.05, 3.63) is 54.0 Å². The highest BCUT2D eigenvalue weighted by Crippen LogP contribution is 2.33. The molecule has 0 unspecified atom stereocenters. The molecule has 1 aliphatic rings. The predicted octanol–water partition coefficient (Wildman–Crippen LogP) is 3.23. The number of aliphatic imine (C=N–C) groups is 1. The Bertz CT molecular complexity index is 1150. The van der Waals surface area contributed by atoms with Crippen LogP contribution >= 0.6 is 0 Å². The Morgan fingerprint density at radius 2 is 2.00 bits per heavy atom. The molecule has 0 spiro atoms. The minimum atomic E-state index is 0.499. The van der Waals surface area contributed by atoms with Gasteiger partial charge in [-0.05, 0) is 32.2 Å². The van der Waals surface area contributed by atoms with Crippen LogP contribution in [0.15, 0.2) is 47.7 Å². The summed E-state index contributed by atoms with van der Waals surface area (Å²) in [6, 6.07) is 9.90. The molecule has 0 aliphatic carbocycles. The summed E-state index contributed by atoms with van der Waals surface area (Å²) in [5.74, 6) is 3.57. The molecular formula is C25H29N5O2. The Morgan fingerprint density at radius 1 is 1.19 bits per heavy atom. The van der Waals surface area contributed by atoms with Crippen LogP contribution in [0, 0.1) is 12.3 Å². The maximum absolute atomic E-state index is 5.84. The summed E-state index contributed by atoms with van der Waals surface area (Å²) in [7, 11) is 3.81. The lowest BCUT2D eigenvalue weighted by molar-refractivity contribution is 0.146. The van der Waals surface area contributed by atoms with Crippen LogP contribution in [-0.2, 0) is 4.74 Å². The van der Waals surface area contributed by atoms with E-state index in [1.165, 1.54) is 0 Å². The second kappa shape index (κ2) is 9.86. The zero-order valence-corrected chi connectivity index (χ0v) is 18.9. The number of pyridine rings is 1. The van der Waals surface area contributed by atoms with Gasteiger partial charge in [0.25, 0.3) is 0 Å². The third-order valence-electron chi connectivity index (χ3n) is 5.71. The highest BCUT2D eigenvalue weighted by atomic mass is 16.5. The number of aromatic nitrogens is 2. The molecule has 0 atom stereocenters. The summed E-state index contributed by atoms with van der Waals surface area (Å²) < 4.78 is 12.8. The summed E-state index contributed by atoms with van der Waals surface area (Å²) in [4.78, 5) is 14.3. The number of likely N-dealkylation sites (N-methyl/N-ethyl adjacent to an activating group) is 1. The van der Waals surface area contributed by atoms with Gasteiger partial charge in [-0.3, -0.25) is 4.40 Å². The molecule has 7 heteroatoms. The zero-order chi connectivity index (χ0) is 22.5. The number of hydrogen-bond donors (Lipinski definition) is 0. The first-order chi connectivity index (χ1) is 15.6. The molecule has 3 aromatic rings. The van der Waals surface area contributed by atoms with Crippen molar-refractivity contribution < 1.29 is 9.47 Å². The van der Waals surface area contributed by atoms with Gasteiger partial charge in [-0.15, -0.1) is 6.42 Å². The summed E-state index contributed by atoms with van der Waals surface area (Å²) in [5, 5.41) is 0. The molecular weight excluding hydrogens is 402 g/mol. The van der Waals surface area contributed by atoms with Gasteiger partial charge >= 0.3 is 0 Å². The van der Waals surface area contributed by atoms with Gasteiger partial charge in [0.2, 0.25) is 0 Å². The minimum absolute atomic E-state index is 0.499. The molecule has 166 valence electrons. The number of hydrogen-bond acceptors (Lipinski definition) is 6. The van der Waals surface area contributed by atoms with Crippen LogP contribution in [0.4, 0.5) is 11.4 Å². The Labute approximate surface area is 189 Å². The van der Waals surface area contributed by atoms with E-state index in [2.05, 4.69) is 33.8 Å². The lowest BCUT2D eigenvalue weighted by atomic mass is 10.1. The largest absolute Gasteiger partial charge is 0.491 e. The standard InChI is InChI=1S/C25H29N5O2/c1-5-20-7-6-8-22(29-13-11-28(3)12-14-29)25(20)27-19(2)23-18-26-24-17-21(9-10-30(23)24)32-16-15-31-4/h1,6-10,17-18H,11-16H2,2-4H3. The van der Waals surface area contributed by atoms with Crippen LogP contribution in [0.5, 0.6) is 5.75 Å². The van der Waals surface area contributed by atoms with Gasteiger partial charge in [-0.1, -0.05) is 12.0 Å². The number of piperazine rings is 1. The quantitative estimate of drug-likeness (QED) is 0.327. The first kappa shape index (κ1) is 21.9. The number of rotatable bonds is 7. The van der Waals surface area contributed by atoms with Crippen molar-refractivity contribution >= 4 is 22.7 Å². The Balaban J connectivity index is 1.67. The number of benzene rings is 1. The molecule has 1 aliphatic heterocycles. The monoisotopic (exact) mass is 431 g/mol. The van der Waals surface area contributed by atoms with Gasteiger partial charge in [-0.25, -0.2) is 9.98 Å². The van der Waals surface area contributed by atoms with Crippen molar-refractivity contribution in [2.45, 2.75) is 6.92 Å². The molecule has 0 N–H and O–H groups in total. The minimum Gasteiger partial charge on any atom is -0.491 e. The molecule has 2 aromatic heterocycles. The molecule has 0 amide bonds. The molecule has 1 saturated heterocycles. The van der Waals surface area contributed by atoms with Crippen molar-refractivity contribution in [3.63, 3.8) is 0 Å². The van der Waals surface area contributed by atoms with Crippen molar-refractivity contribution in [1.82, 2.24) is 14.3 Å². The summed E-state index contributed by atoms with van der Waals surface area (Å²) in [6.07, 6.45) is 9.62. The number of terminal acetylenes is 1. The lowest BCUT2D eigenvalue weighted by Gasteiger charge is -2.34. The number of ether oxygens (including phenoxy) is 2. The molecule has 3 heterocycles. The van der Waals surface area contributed by atoms with E-state index >= 15 is 0 Å². The first-order valence-electron chi connectivity index (χ1n) is 10.8. The molecule has 0 radical (unpaired) electrons. The van der Waals surface area contributed by atoms with E-state index in [9.17, 15) is 0 Å². The van der Waals surface area contributed by atoms with Crippen LogP contribution in [0.25, 0.3) is 5.65 Å². The van der Waals surface area contributed by atoms with Crippen molar-refractivity contribution in [3.8, 4) is 18.1 Å². The maximum atomic E-state index is 5.84. The van der Waals surface area contributed by atoms with E-state index in [1.807, 2.05) is 48.0 Å². The molecule has 0 saturated carbocycles. The van der Waals surface area contributed by atoms with E-state index < -0.39 is 0 Å². The fraction of sp³-hybridized carbons (Fsp3) is 0.360. The molecule has 4 rings (SSSR count). The van der Waals surface area contributed by atoms with Crippen LogP contribution in [0.3, 0.4) is 0 Å². The van der Waals surface area contributed by atoms with Crippen molar-refractivity contribution in [2.75, 3.05) is 58.5 Å².